The molecule has 1 aromatic carbocycles. The van der Waals surface area contributed by atoms with E-state index in [2.05, 4.69) is 24.0 Å². The Morgan fingerprint density at radius 2 is 2.00 bits per heavy atom. The highest BCUT2D eigenvalue weighted by Crippen LogP contribution is 2.05. The maximum absolute atomic E-state index is 11.8. The number of carbonyl (C=O) groups excluding carboxylic acids is 1. The van der Waals surface area contributed by atoms with Gasteiger partial charge in [-0.05, 0) is 43.9 Å². The van der Waals surface area contributed by atoms with Crippen LogP contribution < -0.4 is 11.1 Å². The molecule has 1 aromatic rings. The van der Waals surface area contributed by atoms with Crippen LogP contribution in [0.15, 0.2) is 66.1 Å². The standard InChI is InChI=1S/C18H24N2O2/c1-3-16(19)17(21)13-14(2)18(22)20-12-8-7-11-15-9-5-4-6-10-15/h3-6,9-10,13,21H,1,7-8,11-12,19H2,2H3,(H,20,22)/b14-13+,17-16-. The highest BCUT2D eigenvalue weighted by molar-refractivity contribution is 5.93. The molecule has 0 aliphatic rings. The molecule has 0 saturated carbocycles. The first-order chi connectivity index (χ1) is 10.5. The van der Waals surface area contributed by atoms with Gasteiger partial charge in [0.25, 0.3) is 0 Å². The molecule has 0 bridgehead atoms. The number of hydrogen-bond acceptors (Lipinski definition) is 3. The van der Waals surface area contributed by atoms with Gasteiger partial charge in [0.1, 0.15) is 5.76 Å². The summed E-state index contributed by atoms with van der Waals surface area (Å²) in [5.74, 6) is -0.352. The molecule has 0 spiro atoms. The Kier molecular flexibility index (Phi) is 7.54. The van der Waals surface area contributed by atoms with Crippen molar-refractivity contribution in [2.45, 2.75) is 26.2 Å². The molecule has 118 valence electrons. The minimum absolute atomic E-state index is 0.147. The second-order valence-corrected chi connectivity index (χ2v) is 5.07. The number of nitrogens with two attached hydrogens (primary N) is 1. The summed E-state index contributed by atoms with van der Waals surface area (Å²) in [5.41, 5.74) is 7.36. The molecule has 0 saturated heterocycles. The number of aryl methyl sites for hydroxylation is 1. The van der Waals surface area contributed by atoms with Gasteiger partial charge < -0.3 is 16.2 Å². The lowest BCUT2D eigenvalue weighted by Gasteiger charge is -2.06. The third-order valence-corrected chi connectivity index (χ3v) is 3.25. The summed E-state index contributed by atoms with van der Waals surface area (Å²) in [5, 5.41) is 12.4. The van der Waals surface area contributed by atoms with E-state index >= 15 is 0 Å². The highest BCUT2D eigenvalue weighted by Gasteiger charge is 2.05. The van der Waals surface area contributed by atoms with Gasteiger partial charge in [0.15, 0.2) is 0 Å². The Morgan fingerprint density at radius 3 is 2.64 bits per heavy atom. The Morgan fingerprint density at radius 1 is 1.32 bits per heavy atom. The Hall–Kier alpha value is -2.49. The fraction of sp³-hybridized carbons (Fsp3) is 0.278. The number of aliphatic hydroxyl groups excluding tert-OH is 1. The molecule has 0 aliphatic carbocycles. The average Bonchev–Trinajstić information content (AvgIpc) is 2.54. The van der Waals surface area contributed by atoms with Crippen LogP contribution >= 0.6 is 0 Å². The van der Waals surface area contributed by atoms with Gasteiger partial charge >= 0.3 is 0 Å². The third kappa shape index (κ3) is 6.31. The van der Waals surface area contributed by atoms with Crippen LogP contribution in [-0.4, -0.2) is 17.6 Å². The number of unbranched alkanes of at least 4 members (excludes halogenated alkanes) is 1. The van der Waals surface area contributed by atoms with Crippen LogP contribution in [0.1, 0.15) is 25.3 Å². The van der Waals surface area contributed by atoms with E-state index in [1.54, 1.807) is 6.92 Å². The van der Waals surface area contributed by atoms with Gasteiger partial charge in [-0.3, -0.25) is 4.79 Å². The zero-order chi connectivity index (χ0) is 16.4. The predicted octanol–water partition coefficient (Wildman–Crippen LogP) is 2.99. The van der Waals surface area contributed by atoms with Crippen molar-refractivity contribution in [1.29, 1.82) is 0 Å². The number of benzene rings is 1. The van der Waals surface area contributed by atoms with E-state index in [9.17, 15) is 9.90 Å². The van der Waals surface area contributed by atoms with Crippen LogP contribution in [0.3, 0.4) is 0 Å². The number of amides is 1. The summed E-state index contributed by atoms with van der Waals surface area (Å²) in [6, 6.07) is 10.3. The van der Waals surface area contributed by atoms with Crippen LogP contribution in [-0.2, 0) is 11.2 Å². The molecule has 0 aliphatic heterocycles. The van der Waals surface area contributed by atoms with Crippen LogP contribution in [0.2, 0.25) is 0 Å². The zero-order valence-electron chi connectivity index (χ0n) is 13.0. The van der Waals surface area contributed by atoms with Crippen molar-refractivity contribution < 1.29 is 9.90 Å². The maximum atomic E-state index is 11.8. The molecule has 0 fully saturated rings. The Labute approximate surface area is 132 Å². The lowest BCUT2D eigenvalue weighted by Crippen LogP contribution is -2.25. The highest BCUT2D eigenvalue weighted by atomic mass is 16.3. The number of hydrogen-bond donors (Lipinski definition) is 3. The fourth-order valence-corrected chi connectivity index (χ4v) is 1.90. The van der Waals surface area contributed by atoms with Gasteiger partial charge in [-0.1, -0.05) is 36.9 Å². The SMILES string of the molecule is C=C/C(N)=C(O)\C=C(/C)C(=O)NCCCCc1ccccc1. The molecule has 0 heterocycles. The molecular formula is C18H24N2O2. The molecule has 0 atom stereocenters. The van der Waals surface area contributed by atoms with Crippen molar-refractivity contribution in [2.75, 3.05) is 6.54 Å². The van der Waals surface area contributed by atoms with Gasteiger partial charge in [0.2, 0.25) is 5.91 Å². The van der Waals surface area contributed by atoms with Crippen LogP contribution in [0, 0.1) is 0 Å². The molecule has 4 nitrogen and oxygen atoms in total. The first-order valence-corrected chi connectivity index (χ1v) is 7.36. The number of rotatable bonds is 8. The molecule has 1 rings (SSSR count). The van der Waals surface area contributed by atoms with Crippen molar-refractivity contribution in [3.05, 3.63) is 71.7 Å². The topological polar surface area (TPSA) is 75.3 Å². The largest absolute Gasteiger partial charge is 0.506 e. The van der Waals surface area contributed by atoms with E-state index in [1.807, 2.05) is 18.2 Å². The van der Waals surface area contributed by atoms with Crippen molar-refractivity contribution in [3.63, 3.8) is 0 Å². The lowest BCUT2D eigenvalue weighted by atomic mass is 10.1. The van der Waals surface area contributed by atoms with Crippen LogP contribution in [0.25, 0.3) is 0 Å². The summed E-state index contributed by atoms with van der Waals surface area (Å²) >= 11 is 0. The fourth-order valence-electron chi connectivity index (χ4n) is 1.90. The first-order valence-electron chi connectivity index (χ1n) is 7.36. The molecule has 0 radical (unpaired) electrons. The minimum Gasteiger partial charge on any atom is -0.506 e. The maximum Gasteiger partial charge on any atom is 0.247 e. The molecule has 22 heavy (non-hydrogen) atoms. The number of aliphatic hydroxyl groups is 1. The van der Waals surface area contributed by atoms with Gasteiger partial charge in [0, 0.05) is 12.1 Å². The Balaban J connectivity index is 2.31. The van der Waals surface area contributed by atoms with Crippen molar-refractivity contribution in [3.8, 4) is 0 Å². The minimum atomic E-state index is -0.205. The molecule has 4 N–H and O–H groups in total. The first kappa shape index (κ1) is 17.6. The van der Waals surface area contributed by atoms with E-state index in [0.717, 1.165) is 19.3 Å². The van der Waals surface area contributed by atoms with Gasteiger partial charge in [0.05, 0.1) is 5.70 Å². The van der Waals surface area contributed by atoms with E-state index in [4.69, 9.17) is 5.73 Å². The van der Waals surface area contributed by atoms with E-state index in [1.165, 1.54) is 17.7 Å². The lowest BCUT2D eigenvalue weighted by molar-refractivity contribution is -0.117. The van der Waals surface area contributed by atoms with E-state index in [0.29, 0.717) is 12.1 Å². The van der Waals surface area contributed by atoms with Gasteiger partial charge in [-0.15, -0.1) is 0 Å². The summed E-state index contributed by atoms with van der Waals surface area (Å²) in [6.07, 6.45) is 5.61. The quantitative estimate of drug-likeness (QED) is 0.299. The zero-order valence-corrected chi connectivity index (χ0v) is 13.0. The molecule has 0 aromatic heterocycles. The molecular weight excluding hydrogens is 276 g/mol. The van der Waals surface area contributed by atoms with Crippen molar-refractivity contribution in [1.82, 2.24) is 5.32 Å². The third-order valence-electron chi connectivity index (χ3n) is 3.25. The average molecular weight is 300 g/mol. The Bertz CT molecular complexity index is 560. The molecule has 1 amide bonds. The predicted molar refractivity (Wildman–Crippen MR) is 90.2 cm³/mol. The van der Waals surface area contributed by atoms with Crippen LogP contribution in [0.5, 0.6) is 0 Å². The summed E-state index contributed by atoms with van der Waals surface area (Å²) in [4.78, 5) is 11.8. The van der Waals surface area contributed by atoms with Crippen molar-refractivity contribution >= 4 is 5.91 Å². The normalized spacial score (nSPS) is 12.5. The second kappa shape index (κ2) is 9.45. The summed E-state index contributed by atoms with van der Waals surface area (Å²) in [7, 11) is 0. The van der Waals surface area contributed by atoms with Gasteiger partial charge in [-0.2, -0.15) is 0 Å². The molecule has 0 unspecified atom stereocenters. The summed E-state index contributed by atoms with van der Waals surface area (Å²) in [6.45, 7) is 5.70. The van der Waals surface area contributed by atoms with E-state index in [-0.39, 0.29) is 17.4 Å². The second-order valence-electron chi connectivity index (χ2n) is 5.07. The smallest absolute Gasteiger partial charge is 0.247 e. The van der Waals surface area contributed by atoms with E-state index < -0.39 is 0 Å². The number of carbonyl (C=O) groups is 1. The number of allylic oxidation sites excluding steroid dienone is 2. The van der Waals surface area contributed by atoms with Crippen LogP contribution in [0.4, 0.5) is 0 Å². The molecule has 4 heteroatoms. The number of nitrogens with one attached hydrogen (secondary N) is 1. The van der Waals surface area contributed by atoms with Crippen molar-refractivity contribution in [2.24, 2.45) is 5.73 Å². The summed E-state index contributed by atoms with van der Waals surface area (Å²) < 4.78 is 0. The van der Waals surface area contributed by atoms with Gasteiger partial charge in [-0.25, -0.2) is 0 Å². The monoisotopic (exact) mass is 300 g/mol.